The highest BCUT2D eigenvalue weighted by Crippen LogP contribution is 2.39. The van der Waals surface area contributed by atoms with Crippen LogP contribution in [-0.2, 0) is 8.85 Å². The van der Waals surface area contributed by atoms with Crippen LogP contribution in [0.25, 0.3) is 0 Å². The van der Waals surface area contributed by atoms with Crippen molar-refractivity contribution in [1.82, 2.24) is 0 Å². The third kappa shape index (κ3) is 7.99. The second-order valence-corrected chi connectivity index (χ2v) is 22.1. The summed E-state index contributed by atoms with van der Waals surface area (Å²) < 4.78 is 13.7. The molecule has 2 rings (SSSR count). The van der Waals surface area contributed by atoms with Crippen LogP contribution in [0, 0.1) is 5.92 Å². The maximum absolute atomic E-state index is 11.0. The Kier molecular flexibility index (Phi) is 11.2. The SMILES string of the molecule is C=C[C@@H](C)[C@@H](C[C@H](O)CCCO[Si](c1ccccc1)(c1ccccc1)C(C)(C)C)O[Si](C)(C)C(C)(C)C. The highest BCUT2D eigenvalue weighted by atomic mass is 28.4. The van der Waals surface area contributed by atoms with E-state index in [4.69, 9.17) is 8.85 Å². The van der Waals surface area contributed by atoms with E-state index in [1.54, 1.807) is 0 Å². The lowest BCUT2D eigenvalue weighted by atomic mass is 9.97. The Bertz CT molecular complexity index is 906. The quantitative estimate of drug-likeness (QED) is 0.164. The smallest absolute Gasteiger partial charge is 0.261 e. The summed E-state index contributed by atoms with van der Waals surface area (Å²) in [5.74, 6) is 0.192. The van der Waals surface area contributed by atoms with Gasteiger partial charge in [-0.3, -0.25) is 0 Å². The summed E-state index contributed by atoms with van der Waals surface area (Å²) in [4.78, 5) is 0. The Hall–Kier alpha value is -1.51. The summed E-state index contributed by atoms with van der Waals surface area (Å²) in [6.45, 7) is 25.0. The highest BCUT2D eigenvalue weighted by Gasteiger charge is 2.50. The van der Waals surface area contributed by atoms with Crippen molar-refractivity contribution >= 4 is 27.0 Å². The number of aliphatic hydroxyl groups excluding tert-OH is 1. The molecule has 0 fully saturated rings. The summed E-state index contributed by atoms with van der Waals surface area (Å²) in [5, 5.41) is 13.7. The molecule has 0 aliphatic heterocycles. The summed E-state index contributed by atoms with van der Waals surface area (Å²) in [5.41, 5.74) is 0. The zero-order chi connectivity index (χ0) is 27.9. The fourth-order valence-electron chi connectivity index (χ4n) is 4.77. The topological polar surface area (TPSA) is 38.7 Å². The number of hydrogen-bond donors (Lipinski definition) is 1. The average Bonchev–Trinajstić information content (AvgIpc) is 2.82. The molecule has 3 atom stereocenters. The predicted molar refractivity (Wildman–Crippen MR) is 165 cm³/mol. The van der Waals surface area contributed by atoms with Crippen molar-refractivity contribution in [2.45, 2.75) is 103 Å². The van der Waals surface area contributed by atoms with E-state index in [2.05, 4.69) is 129 Å². The van der Waals surface area contributed by atoms with Gasteiger partial charge in [0.15, 0.2) is 8.32 Å². The first-order valence-electron chi connectivity index (χ1n) is 13.9. The van der Waals surface area contributed by atoms with Gasteiger partial charge in [-0.25, -0.2) is 0 Å². The van der Waals surface area contributed by atoms with E-state index < -0.39 is 22.7 Å². The van der Waals surface area contributed by atoms with E-state index in [1.165, 1.54) is 10.4 Å². The van der Waals surface area contributed by atoms with E-state index >= 15 is 0 Å². The molecule has 0 radical (unpaired) electrons. The van der Waals surface area contributed by atoms with Gasteiger partial charge in [-0.1, -0.05) is 115 Å². The number of aliphatic hydroxyl groups is 1. The average molecular weight is 541 g/mol. The molecule has 0 spiro atoms. The minimum Gasteiger partial charge on any atom is -0.413 e. The maximum Gasteiger partial charge on any atom is 0.261 e. The van der Waals surface area contributed by atoms with Crippen molar-refractivity contribution in [3.8, 4) is 0 Å². The van der Waals surface area contributed by atoms with Gasteiger partial charge in [-0.2, -0.15) is 0 Å². The monoisotopic (exact) mass is 540 g/mol. The molecule has 0 bridgehead atoms. The lowest BCUT2D eigenvalue weighted by molar-refractivity contribution is 0.0598. The molecular formula is C32H52O3Si2. The molecule has 37 heavy (non-hydrogen) atoms. The first-order chi connectivity index (χ1) is 17.2. The van der Waals surface area contributed by atoms with E-state index in [1.807, 2.05) is 6.08 Å². The van der Waals surface area contributed by atoms with Crippen LogP contribution in [0.3, 0.4) is 0 Å². The van der Waals surface area contributed by atoms with Crippen molar-refractivity contribution in [1.29, 1.82) is 0 Å². The van der Waals surface area contributed by atoms with Crippen molar-refractivity contribution in [3.05, 3.63) is 73.3 Å². The third-order valence-corrected chi connectivity index (χ3v) is 17.7. The van der Waals surface area contributed by atoms with Gasteiger partial charge in [0, 0.05) is 6.61 Å². The van der Waals surface area contributed by atoms with Crippen LogP contribution in [0.2, 0.25) is 23.2 Å². The second-order valence-electron chi connectivity index (χ2n) is 13.1. The molecule has 0 amide bonds. The molecule has 0 aliphatic carbocycles. The Morgan fingerprint density at radius 1 is 0.865 bits per heavy atom. The van der Waals surface area contributed by atoms with E-state index in [9.17, 15) is 5.11 Å². The van der Waals surface area contributed by atoms with Gasteiger partial charge in [-0.05, 0) is 58.7 Å². The molecule has 0 aliphatic rings. The molecule has 1 N–H and O–H groups in total. The minimum absolute atomic E-state index is 0.0222. The fourth-order valence-corrected chi connectivity index (χ4v) is 10.8. The van der Waals surface area contributed by atoms with Crippen LogP contribution < -0.4 is 10.4 Å². The minimum atomic E-state index is -2.54. The molecule has 2 aromatic carbocycles. The lowest BCUT2D eigenvalue weighted by Gasteiger charge is -2.43. The molecule has 0 heterocycles. The highest BCUT2D eigenvalue weighted by molar-refractivity contribution is 6.99. The number of hydrogen-bond acceptors (Lipinski definition) is 3. The summed E-state index contributed by atoms with van der Waals surface area (Å²) in [6, 6.07) is 21.5. The Labute approximate surface area is 229 Å². The van der Waals surface area contributed by atoms with Crippen molar-refractivity contribution in [2.24, 2.45) is 5.92 Å². The van der Waals surface area contributed by atoms with Gasteiger partial charge >= 0.3 is 0 Å². The van der Waals surface area contributed by atoms with E-state index in [0.29, 0.717) is 19.4 Å². The third-order valence-electron chi connectivity index (χ3n) is 8.13. The van der Waals surface area contributed by atoms with Crippen molar-refractivity contribution in [3.63, 3.8) is 0 Å². The van der Waals surface area contributed by atoms with Crippen LogP contribution in [0.15, 0.2) is 73.3 Å². The van der Waals surface area contributed by atoms with Crippen LogP contribution in [-0.4, -0.2) is 40.6 Å². The Morgan fingerprint density at radius 3 is 1.76 bits per heavy atom. The molecule has 0 saturated carbocycles. The number of benzene rings is 2. The van der Waals surface area contributed by atoms with Crippen molar-refractivity contribution in [2.75, 3.05) is 6.61 Å². The first-order valence-corrected chi connectivity index (χ1v) is 18.7. The van der Waals surface area contributed by atoms with E-state index in [0.717, 1.165) is 6.42 Å². The number of rotatable bonds is 13. The zero-order valence-corrected chi connectivity index (χ0v) is 26.9. The molecule has 0 saturated heterocycles. The van der Waals surface area contributed by atoms with Crippen LogP contribution in [0.1, 0.15) is 67.7 Å². The maximum atomic E-state index is 11.0. The van der Waals surface area contributed by atoms with Crippen LogP contribution in [0.5, 0.6) is 0 Å². The molecular weight excluding hydrogens is 489 g/mol. The van der Waals surface area contributed by atoms with Gasteiger partial charge in [0.1, 0.15) is 0 Å². The molecule has 2 aromatic rings. The van der Waals surface area contributed by atoms with Gasteiger partial charge in [0.05, 0.1) is 12.2 Å². The zero-order valence-electron chi connectivity index (χ0n) is 24.9. The lowest BCUT2D eigenvalue weighted by Crippen LogP contribution is -2.66. The first kappa shape index (κ1) is 31.7. The Balaban J connectivity index is 2.15. The Morgan fingerprint density at radius 2 is 1.35 bits per heavy atom. The van der Waals surface area contributed by atoms with Gasteiger partial charge < -0.3 is 14.0 Å². The molecule has 5 heteroatoms. The van der Waals surface area contributed by atoms with Gasteiger partial charge in [-0.15, -0.1) is 6.58 Å². The summed E-state index contributed by atoms with van der Waals surface area (Å²) >= 11 is 0. The molecule has 0 unspecified atom stereocenters. The molecule has 206 valence electrons. The van der Waals surface area contributed by atoms with Crippen LogP contribution in [0.4, 0.5) is 0 Å². The summed E-state index contributed by atoms with van der Waals surface area (Å²) in [6.07, 6.45) is 3.63. The van der Waals surface area contributed by atoms with Gasteiger partial charge in [0.25, 0.3) is 8.32 Å². The van der Waals surface area contributed by atoms with Crippen LogP contribution >= 0.6 is 0 Å². The second kappa shape index (κ2) is 13.0. The fraction of sp³-hybridized carbons (Fsp3) is 0.562. The standard InChI is InChI=1S/C32H52O3Si2/c1-11-26(2)30(35-36(9,10)31(3,4)5)25-27(33)19-18-24-34-37(32(6,7)8,28-20-14-12-15-21-28)29-22-16-13-17-23-29/h11-17,20-23,26-27,30,33H,1,18-19,24-25H2,2-10H3/t26-,27-,30-/m1/s1. The molecule has 0 aromatic heterocycles. The predicted octanol–water partition coefficient (Wildman–Crippen LogP) is 7.31. The normalized spacial score (nSPS) is 15.7. The summed E-state index contributed by atoms with van der Waals surface area (Å²) in [7, 11) is -4.49. The van der Waals surface area contributed by atoms with E-state index in [-0.39, 0.29) is 22.1 Å². The van der Waals surface area contributed by atoms with Gasteiger partial charge in [0.2, 0.25) is 0 Å². The van der Waals surface area contributed by atoms with Crippen molar-refractivity contribution < 1.29 is 14.0 Å². The molecule has 3 nitrogen and oxygen atoms in total. The largest absolute Gasteiger partial charge is 0.413 e.